The summed E-state index contributed by atoms with van der Waals surface area (Å²) < 4.78 is 0. The molecule has 25 heavy (non-hydrogen) atoms. The van der Waals surface area contributed by atoms with Gasteiger partial charge < -0.3 is 9.80 Å². The van der Waals surface area contributed by atoms with Crippen molar-refractivity contribution in [1.29, 1.82) is 0 Å². The Morgan fingerprint density at radius 2 is 1.60 bits per heavy atom. The summed E-state index contributed by atoms with van der Waals surface area (Å²) >= 11 is 0. The van der Waals surface area contributed by atoms with Gasteiger partial charge in [-0.2, -0.15) is 0 Å². The maximum Gasteiger partial charge on any atom is 0.254 e. The Morgan fingerprint density at radius 1 is 0.960 bits per heavy atom. The molecule has 2 aromatic rings. The molecule has 3 rings (SSSR count). The zero-order chi connectivity index (χ0) is 17.6. The molecule has 0 N–H and O–H groups in total. The molecule has 1 fully saturated rings. The average molecular weight is 337 g/mol. The van der Waals surface area contributed by atoms with Crippen LogP contribution in [0, 0.1) is 6.92 Å². The fourth-order valence-electron chi connectivity index (χ4n) is 3.13. The molecule has 1 aliphatic rings. The summed E-state index contributed by atoms with van der Waals surface area (Å²) in [5, 5.41) is 0. The number of pyridine rings is 1. The third-order valence-corrected chi connectivity index (χ3v) is 4.72. The molecule has 1 aromatic carbocycles. The van der Waals surface area contributed by atoms with Crippen LogP contribution >= 0.6 is 0 Å². The second-order valence-corrected chi connectivity index (χ2v) is 6.34. The predicted molar refractivity (Wildman–Crippen MR) is 96.2 cm³/mol. The van der Waals surface area contributed by atoms with Gasteiger partial charge in [-0.1, -0.05) is 24.3 Å². The smallest absolute Gasteiger partial charge is 0.254 e. The first-order valence-corrected chi connectivity index (χ1v) is 8.67. The van der Waals surface area contributed by atoms with Crippen LogP contribution in [0.1, 0.15) is 27.9 Å². The van der Waals surface area contributed by atoms with Crippen LogP contribution in [-0.4, -0.2) is 52.8 Å². The number of piperazine rings is 1. The maximum atomic E-state index is 12.4. The fourth-order valence-corrected chi connectivity index (χ4v) is 3.13. The number of rotatable bonds is 4. The highest BCUT2D eigenvalue weighted by atomic mass is 16.2. The molecule has 0 radical (unpaired) electrons. The van der Waals surface area contributed by atoms with Crippen molar-refractivity contribution in [2.75, 3.05) is 26.2 Å². The molecule has 2 heterocycles. The minimum Gasteiger partial charge on any atom is -0.339 e. The Kier molecular flexibility index (Phi) is 5.43. The molecule has 1 aromatic heterocycles. The summed E-state index contributed by atoms with van der Waals surface area (Å²) in [5.74, 6) is 0.175. The fraction of sp³-hybridized carbons (Fsp3) is 0.350. The zero-order valence-corrected chi connectivity index (χ0v) is 14.5. The van der Waals surface area contributed by atoms with E-state index in [0.717, 1.165) is 6.42 Å². The van der Waals surface area contributed by atoms with Gasteiger partial charge in [0, 0.05) is 50.6 Å². The van der Waals surface area contributed by atoms with E-state index in [1.54, 1.807) is 29.4 Å². The number of aryl methyl sites for hydroxylation is 2. The Labute approximate surface area is 148 Å². The lowest BCUT2D eigenvalue weighted by Crippen LogP contribution is -2.50. The van der Waals surface area contributed by atoms with E-state index in [0.29, 0.717) is 38.2 Å². The molecule has 0 bridgehead atoms. The van der Waals surface area contributed by atoms with E-state index >= 15 is 0 Å². The van der Waals surface area contributed by atoms with Gasteiger partial charge in [0.15, 0.2) is 0 Å². The maximum absolute atomic E-state index is 12.4. The zero-order valence-electron chi connectivity index (χ0n) is 14.5. The Balaban J connectivity index is 1.49. The van der Waals surface area contributed by atoms with E-state index in [2.05, 4.69) is 24.0 Å². The molecule has 0 spiro atoms. The average Bonchev–Trinajstić information content (AvgIpc) is 2.67. The van der Waals surface area contributed by atoms with Gasteiger partial charge in [0.25, 0.3) is 5.91 Å². The minimum atomic E-state index is 0.00871. The normalized spacial score (nSPS) is 14.4. The Morgan fingerprint density at radius 3 is 2.28 bits per heavy atom. The second-order valence-electron chi connectivity index (χ2n) is 6.34. The van der Waals surface area contributed by atoms with Gasteiger partial charge in [-0.05, 0) is 36.6 Å². The molecular weight excluding hydrogens is 314 g/mol. The van der Waals surface area contributed by atoms with Gasteiger partial charge in [0.2, 0.25) is 5.91 Å². The second kappa shape index (κ2) is 7.92. The lowest BCUT2D eigenvalue weighted by Gasteiger charge is -2.35. The molecule has 0 atom stereocenters. The van der Waals surface area contributed by atoms with Crippen LogP contribution in [0.2, 0.25) is 0 Å². The number of amides is 2. The van der Waals surface area contributed by atoms with Gasteiger partial charge >= 0.3 is 0 Å². The minimum absolute atomic E-state index is 0.00871. The van der Waals surface area contributed by atoms with Crippen LogP contribution in [0.3, 0.4) is 0 Å². The van der Waals surface area contributed by atoms with E-state index in [9.17, 15) is 9.59 Å². The van der Waals surface area contributed by atoms with Crippen molar-refractivity contribution >= 4 is 11.8 Å². The molecule has 5 nitrogen and oxygen atoms in total. The number of hydrogen-bond donors (Lipinski definition) is 0. The number of hydrogen-bond acceptors (Lipinski definition) is 3. The predicted octanol–water partition coefficient (Wildman–Crippen LogP) is 2.31. The lowest BCUT2D eigenvalue weighted by atomic mass is 10.0. The number of carbonyl (C=O) groups excluding carboxylic acids is 2. The van der Waals surface area contributed by atoms with Crippen molar-refractivity contribution in [2.45, 2.75) is 19.8 Å². The summed E-state index contributed by atoms with van der Waals surface area (Å²) in [6.07, 6.45) is 4.53. The number of nitrogens with zero attached hydrogens (tertiary/aromatic N) is 3. The Bertz CT molecular complexity index is 738. The molecule has 5 heteroatoms. The van der Waals surface area contributed by atoms with Crippen LogP contribution in [0.25, 0.3) is 0 Å². The van der Waals surface area contributed by atoms with Crippen LogP contribution < -0.4 is 0 Å². The van der Waals surface area contributed by atoms with Crippen molar-refractivity contribution < 1.29 is 9.59 Å². The largest absolute Gasteiger partial charge is 0.339 e. The third kappa shape index (κ3) is 4.24. The molecule has 1 saturated heterocycles. The monoisotopic (exact) mass is 337 g/mol. The number of aromatic nitrogens is 1. The van der Waals surface area contributed by atoms with Gasteiger partial charge in [-0.3, -0.25) is 14.6 Å². The van der Waals surface area contributed by atoms with E-state index in [1.165, 1.54) is 11.1 Å². The quantitative estimate of drug-likeness (QED) is 0.860. The molecule has 130 valence electrons. The highest BCUT2D eigenvalue weighted by molar-refractivity contribution is 5.94. The first-order valence-electron chi connectivity index (χ1n) is 8.67. The molecule has 0 saturated carbocycles. The topological polar surface area (TPSA) is 53.5 Å². The first kappa shape index (κ1) is 17.1. The lowest BCUT2D eigenvalue weighted by molar-refractivity contribution is -0.132. The molecule has 0 unspecified atom stereocenters. The Hall–Kier alpha value is -2.69. The summed E-state index contributed by atoms with van der Waals surface area (Å²) in [5.41, 5.74) is 3.10. The summed E-state index contributed by atoms with van der Waals surface area (Å²) in [7, 11) is 0. The summed E-state index contributed by atoms with van der Waals surface area (Å²) in [4.78, 5) is 32.5. The van der Waals surface area contributed by atoms with Crippen LogP contribution in [-0.2, 0) is 11.2 Å². The molecular formula is C20H23N3O2. The van der Waals surface area contributed by atoms with E-state index in [4.69, 9.17) is 0 Å². The van der Waals surface area contributed by atoms with Crippen molar-refractivity contribution in [3.63, 3.8) is 0 Å². The van der Waals surface area contributed by atoms with Gasteiger partial charge in [-0.15, -0.1) is 0 Å². The van der Waals surface area contributed by atoms with Crippen molar-refractivity contribution in [1.82, 2.24) is 14.8 Å². The first-order chi connectivity index (χ1) is 12.1. The van der Waals surface area contributed by atoms with Crippen molar-refractivity contribution in [2.24, 2.45) is 0 Å². The van der Waals surface area contributed by atoms with Crippen LogP contribution in [0.15, 0.2) is 48.8 Å². The van der Waals surface area contributed by atoms with Gasteiger partial charge in [0.1, 0.15) is 0 Å². The van der Waals surface area contributed by atoms with Crippen molar-refractivity contribution in [3.05, 3.63) is 65.5 Å². The molecule has 2 amide bonds. The number of benzene rings is 1. The van der Waals surface area contributed by atoms with Gasteiger partial charge in [-0.25, -0.2) is 0 Å². The number of carbonyl (C=O) groups is 2. The summed E-state index contributed by atoms with van der Waals surface area (Å²) in [6.45, 7) is 4.44. The molecule has 0 aliphatic carbocycles. The van der Waals surface area contributed by atoms with E-state index in [1.807, 2.05) is 17.0 Å². The highest BCUT2D eigenvalue weighted by Crippen LogP contribution is 2.13. The van der Waals surface area contributed by atoms with Crippen molar-refractivity contribution in [3.8, 4) is 0 Å². The summed E-state index contributed by atoms with van der Waals surface area (Å²) in [6, 6.07) is 11.6. The third-order valence-electron chi connectivity index (χ3n) is 4.72. The van der Waals surface area contributed by atoms with Crippen LogP contribution in [0.4, 0.5) is 0 Å². The highest BCUT2D eigenvalue weighted by Gasteiger charge is 2.24. The van der Waals surface area contributed by atoms with E-state index < -0.39 is 0 Å². The van der Waals surface area contributed by atoms with Gasteiger partial charge in [0.05, 0.1) is 0 Å². The molecule has 1 aliphatic heterocycles. The SMILES string of the molecule is Cc1ccccc1CCC(=O)N1CCN(C(=O)c2ccncc2)CC1. The van der Waals surface area contributed by atoms with E-state index in [-0.39, 0.29) is 11.8 Å². The standard InChI is InChI=1S/C20H23N3O2/c1-16-4-2-3-5-17(16)6-7-19(24)22-12-14-23(15-13-22)20(25)18-8-10-21-11-9-18/h2-5,8-11H,6-7,12-15H2,1H3. The van der Waals surface area contributed by atoms with Crippen LogP contribution in [0.5, 0.6) is 0 Å².